The molecule has 0 N–H and O–H groups in total. The minimum absolute atomic E-state index is 0.137. The summed E-state index contributed by atoms with van der Waals surface area (Å²) in [7, 11) is 3.33. The highest BCUT2D eigenvalue weighted by atomic mass is 33.1. The molecule has 2 aromatic rings. The summed E-state index contributed by atoms with van der Waals surface area (Å²) in [5.74, 6) is -0.633. The normalized spacial score (nSPS) is 15.2. The van der Waals surface area contributed by atoms with Crippen molar-refractivity contribution in [2.75, 3.05) is 6.54 Å². The van der Waals surface area contributed by atoms with Crippen LogP contribution in [0.5, 0.6) is 0 Å². The summed E-state index contributed by atoms with van der Waals surface area (Å²) in [6, 6.07) is 13.1. The van der Waals surface area contributed by atoms with Crippen LogP contribution in [0, 0.1) is 0 Å². The third-order valence-electron chi connectivity index (χ3n) is 3.75. The molecule has 1 aliphatic rings. The molecule has 1 amide bonds. The van der Waals surface area contributed by atoms with Gasteiger partial charge in [-0.25, -0.2) is 9.78 Å². The van der Waals surface area contributed by atoms with Gasteiger partial charge in [-0.3, -0.25) is 4.79 Å². The molecule has 0 radical (unpaired) electrons. The van der Waals surface area contributed by atoms with Gasteiger partial charge in [0.1, 0.15) is 5.03 Å². The van der Waals surface area contributed by atoms with Gasteiger partial charge in [-0.05, 0) is 54.0 Å². The van der Waals surface area contributed by atoms with Crippen LogP contribution in [0.15, 0.2) is 53.7 Å². The fourth-order valence-electron chi connectivity index (χ4n) is 2.34. The Morgan fingerprint density at radius 1 is 1.24 bits per heavy atom. The molecule has 5 nitrogen and oxygen atoms in total. The maximum absolute atomic E-state index is 12.1. The van der Waals surface area contributed by atoms with Gasteiger partial charge >= 0.3 is 5.97 Å². The van der Waals surface area contributed by atoms with Crippen molar-refractivity contribution in [2.45, 2.75) is 30.0 Å². The number of hydrogen-bond donors (Lipinski definition) is 0. The average molecular weight is 374 g/mol. The van der Waals surface area contributed by atoms with E-state index in [1.807, 2.05) is 30.3 Å². The number of rotatable bonds is 6. The highest BCUT2D eigenvalue weighted by Crippen LogP contribution is 2.41. The summed E-state index contributed by atoms with van der Waals surface area (Å²) in [4.78, 5) is 33.0. The lowest BCUT2D eigenvalue weighted by Gasteiger charge is -2.15. The maximum Gasteiger partial charge on any atom is 0.363 e. The van der Waals surface area contributed by atoms with E-state index in [2.05, 4.69) is 11.9 Å². The molecule has 1 aliphatic heterocycles. The Hall–Kier alpha value is -1.99. The topological polar surface area (TPSA) is 59.5 Å². The number of nitrogens with zero attached hydrogens (tertiary/aromatic N) is 2. The minimum atomic E-state index is -0.495. The van der Waals surface area contributed by atoms with Gasteiger partial charge in [0.05, 0.1) is 12.1 Å². The van der Waals surface area contributed by atoms with Crippen LogP contribution in [0.4, 0.5) is 0 Å². The lowest BCUT2D eigenvalue weighted by atomic mass is 10.1. The van der Waals surface area contributed by atoms with Gasteiger partial charge in [-0.2, -0.15) is 5.06 Å². The van der Waals surface area contributed by atoms with E-state index in [1.165, 1.54) is 0 Å². The Kier molecular flexibility index (Phi) is 5.99. The van der Waals surface area contributed by atoms with Crippen LogP contribution in [0.3, 0.4) is 0 Å². The van der Waals surface area contributed by atoms with E-state index in [1.54, 1.807) is 39.9 Å². The highest BCUT2D eigenvalue weighted by Gasteiger charge is 2.24. The Morgan fingerprint density at radius 3 is 2.68 bits per heavy atom. The lowest BCUT2D eigenvalue weighted by Crippen LogP contribution is -2.28. The number of aromatic nitrogens is 1. The third-order valence-corrected chi connectivity index (χ3v) is 6.49. The molecule has 1 saturated heterocycles. The second kappa shape index (κ2) is 8.40. The zero-order chi connectivity index (χ0) is 17.6. The van der Waals surface area contributed by atoms with E-state index in [-0.39, 0.29) is 11.2 Å². The van der Waals surface area contributed by atoms with E-state index >= 15 is 0 Å². The summed E-state index contributed by atoms with van der Waals surface area (Å²) in [6.07, 6.45) is 2.95. The number of hydroxylamine groups is 2. The lowest BCUT2D eigenvalue weighted by molar-refractivity contribution is -0.159. The molecule has 0 bridgehead atoms. The van der Waals surface area contributed by atoms with Crippen molar-refractivity contribution in [3.63, 3.8) is 0 Å². The summed E-state index contributed by atoms with van der Waals surface area (Å²) >= 11 is 0. The van der Waals surface area contributed by atoms with Crippen LogP contribution >= 0.6 is 21.6 Å². The molecule has 1 atom stereocenters. The average Bonchev–Trinajstić information content (AvgIpc) is 3.05. The zero-order valence-corrected chi connectivity index (χ0v) is 15.4. The molecule has 7 heteroatoms. The molecule has 1 fully saturated rings. The van der Waals surface area contributed by atoms with E-state index in [9.17, 15) is 9.59 Å². The molecule has 0 aliphatic carbocycles. The molecule has 25 heavy (non-hydrogen) atoms. The van der Waals surface area contributed by atoms with E-state index < -0.39 is 5.97 Å². The molecule has 0 saturated carbocycles. The zero-order valence-electron chi connectivity index (χ0n) is 13.8. The van der Waals surface area contributed by atoms with Crippen molar-refractivity contribution >= 4 is 33.5 Å². The number of carbonyl (C=O) groups excluding carboxylic acids is 2. The van der Waals surface area contributed by atoms with Gasteiger partial charge in [0.15, 0.2) is 0 Å². The fourth-order valence-corrected chi connectivity index (χ4v) is 4.44. The summed E-state index contributed by atoms with van der Waals surface area (Å²) in [5, 5.41) is 2.37. The highest BCUT2D eigenvalue weighted by molar-refractivity contribution is 8.76. The number of carbonyl (C=O) groups is 2. The Bertz CT molecular complexity index is 738. The first-order valence-electron chi connectivity index (χ1n) is 8.00. The molecule has 1 aromatic carbocycles. The Balaban J connectivity index is 1.55. The van der Waals surface area contributed by atoms with Gasteiger partial charge in [-0.15, -0.1) is 0 Å². The Morgan fingerprint density at radius 2 is 2.04 bits per heavy atom. The third kappa shape index (κ3) is 4.76. The van der Waals surface area contributed by atoms with Gasteiger partial charge in [0.25, 0.3) is 5.91 Å². The van der Waals surface area contributed by atoms with Crippen LogP contribution in [-0.4, -0.2) is 28.5 Å². The number of pyridine rings is 1. The van der Waals surface area contributed by atoms with Crippen LogP contribution in [0.2, 0.25) is 0 Å². The molecular formula is C18H18N2O3S2. The van der Waals surface area contributed by atoms with E-state index in [0.717, 1.165) is 22.1 Å². The van der Waals surface area contributed by atoms with Crippen LogP contribution in [0.25, 0.3) is 0 Å². The predicted molar refractivity (Wildman–Crippen MR) is 98.9 cm³/mol. The van der Waals surface area contributed by atoms with E-state index in [4.69, 9.17) is 4.84 Å². The summed E-state index contributed by atoms with van der Waals surface area (Å²) in [5.41, 5.74) is 1.56. The van der Waals surface area contributed by atoms with Gasteiger partial charge in [0, 0.05) is 17.9 Å². The van der Waals surface area contributed by atoms with Gasteiger partial charge in [-0.1, -0.05) is 29.0 Å². The van der Waals surface area contributed by atoms with Crippen molar-refractivity contribution in [3.8, 4) is 0 Å². The van der Waals surface area contributed by atoms with Crippen molar-refractivity contribution in [1.29, 1.82) is 0 Å². The van der Waals surface area contributed by atoms with Crippen molar-refractivity contribution in [3.05, 3.63) is 59.8 Å². The van der Waals surface area contributed by atoms with Crippen LogP contribution < -0.4 is 0 Å². The van der Waals surface area contributed by atoms with Gasteiger partial charge < -0.3 is 4.84 Å². The summed E-state index contributed by atoms with van der Waals surface area (Å²) in [6.45, 7) is 2.58. The fraction of sp³-hybridized carbons (Fsp3) is 0.278. The quantitative estimate of drug-likeness (QED) is 0.704. The van der Waals surface area contributed by atoms with Crippen LogP contribution in [0.1, 0.15) is 40.9 Å². The second-order valence-corrected chi connectivity index (χ2v) is 8.15. The van der Waals surface area contributed by atoms with Gasteiger partial charge in [0.2, 0.25) is 0 Å². The second-order valence-electron chi connectivity index (χ2n) is 5.59. The first kappa shape index (κ1) is 17.8. The predicted octanol–water partition coefficient (Wildman–Crippen LogP) is 4.28. The minimum Gasteiger partial charge on any atom is -0.333 e. The first-order chi connectivity index (χ1) is 12.1. The summed E-state index contributed by atoms with van der Waals surface area (Å²) < 4.78 is 0. The molecule has 0 spiro atoms. The molecule has 2 heterocycles. The van der Waals surface area contributed by atoms with E-state index in [0.29, 0.717) is 18.5 Å². The van der Waals surface area contributed by atoms with Crippen LogP contribution in [-0.2, 0) is 9.63 Å². The Labute approximate surface area is 154 Å². The van der Waals surface area contributed by atoms with Crippen molar-refractivity contribution in [2.24, 2.45) is 0 Å². The SMILES string of the molecule is CC(SSc1ccccn1)c1ccc(C(=O)ON2CCCC2=O)cc1. The molecule has 130 valence electrons. The monoisotopic (exact) mass is 374 g/mol. The largest absolute Gasteiger partial charge is 0.363 e. The maximum atomic E-state index is 12.1. The van der Waals surface area contributed by atoms with Crippen molar-refractivity contribution in [1.82, 2.24) is 10.0 Å². The molecule has 3 rings (SSSR count). The van der Waals surface area contributed by atoms with Crippen molar-refractivity contribution < 1.29 is 14.4 Å². The molecular weight excluding hydrogens is 356 g/mol. The standard InChI is InChI=1S/C18H18N2O3S2/c1-13(24-25-16-5-2-3-11-19-16)14-7-9-15(10-8-14)18(22)23-20-12-4-6-17(20)21/h2-3,5,7-11,13H,4,6,12H2,1H3. The smallest absolute Gasteiger partial charge is 0.333 e. The first-order valence-corrected chi connectivity index (χ1v) is 10.2. The number of hydrogen-bond acceptors (Lipinski definition) is 6. The number of amides is 1. The molecule has 1 unspecified atom stereocenters. The number of benzene rings is 1. The molecule has 1 aromatic heterocycles.